The number of aliphatic hydroxyl groups is 1. The highest BCUT2D eigenvalue weighted by Crippen LogP contribution is 2.45. The third-order valence-electron chi connectivity index (χ3n) is 3.63. The summed E-state index contributed by atoms with van der Waals surface area (Å²) in [4.78, 5) is 12.1. The number of benzene rings is 2. The van der Waals surface area contributed by atoms with Gasteiger partial charge in [0.2, 0.25) is 0 Å². The summed E-state index contributed by atoms with van der Waals surface area (Å²) >= 11 is 0. The number of rotatable bonds is 2. The van der Waals surface area contributed by atoms with Crippen LogP contribution in [0.25, 0.3) is 5.57 Å². The fourth-order valence-electron chi connectivity index (χ4n) is 2.59. The van der Waals surface area contributed by atoms with Gasteiger partial charge in [-0.1, -0.05) is 0 Å². The zero-order valence-electron chi connectivity index (χ0n) is 11.5. The molecular weight excluding hydrogens is 338 g/mol. The highest BCUT2D eigenvalue weighted by atomic mass is 19.2. The lowest BCUT2D eigenvalue weighted by atomic mass is 9.74. The quantitative estimate of drug-likeness (QED) is 0.831. The minimum absolute atomic E-state index is 0.290. The molecule has 1 atom stereocenters. The van der Waals surface area contributed by atoms with Crippen molar-refractivity contribution in [3.05, 3.63) is 76.1 Å². The van der Waals surface area contributed by atoms with Crippen molar-refractivity contribution in [1.82, 2.24) is 0 Å². The number of halogens is 6. The Morgan fingerprint density at radius 2 is 1.17 bits per heavy atom. The SMILES string of the molecule is O=C1C(c2c(F)cc(F)cc2F)=C(O)C1c1c(F)cc(F)cc1F. The van der Waals surface area contributed by atoms with E-state index in [4.69, 9.17) is 0 Å². The van der Waals surface area contributed by atoms with E-state index in [-0.39, 0.29) is 0 Å². The van der Waals surface area contributed by atoms with Crippen LogP contribution in [-0.4, -0.2) is 10.9 Å². The van der Waals surface area contributed by atoms with Crippen molar-refractivity contribution >= 4 is 11.4 Å². The van der Waals surface area contributed by atoms with Gasteiger partial charge in [-0.05, 0) is 0 Å². The van der Waals surface area contributed by atoms with Crippen LogP contribution in [0.5, 0.6) is 0 Å². The summed E-state index contributed by atoms with van der Waals surface area (Å²) in [5.74, 6) is -12.3. The molecule has 0 spiro atoms. The topological polar surface area (TPSA) is 37.3 Å². The van der Waals surface area contributed by atoms with Crippen molar-refractivity contribution < 1.29 is 36.2 Å². The summed E-state index contributed by atoms with van der Waals surface area (Å²) in [6.45, 7) is 0. The Kier molecular flexibility index (Phi) is 3.62. The molecule has 0 aromatic heterocycles. The predicted molar refractivity (Wildman–Crippen MR) is 69.9 cm³/mol. The molecule has 0 saturated carbocycles. The molecule has 124 valence electrons. The van der Waals surface area contributed by atoms with Gasteiger partial charge >= 0.3 is 0 Å². The number of carbonyl (C=O) groups excluding carboxylic acids is 1. The second kappa shape index (κ2) is 5.40. The Hall–Kier alpha value is -2.77. The van der Waals surface area contributed by atoms with Crippen molar-refractivity contribution in [1.29, 1.82) is 0 Å². The van der Waals surface area contributed by atoms with Gasteiger partial charge in [-0.3, -0.25) is 4.79 Å². The minimum atomic E-state index is -1.86. The molecule has 24 heavy (non-hydrogen) atoms. The number of ketones is 1. The molecule has 1 unspecified atom stereocenters. The molecule has 0 aliphatic heterocycles. The molecule has 3 rings (SSSR count). The lowest BCUT2D eigenvalue weighted by Gasteiger charge is -2.29. The fraction of sp³-hybridized carbons (Fsp3) is 0.0625. The van der Waals surface area contributed by atoms with E-state index < -0.39 is 69.1 Å². The van der Waals surface area contributed by atoms with Crippen LogP contribution in [0, 0.1) is 34.9 Å². The summed E-state index contributed by atoms with van der Waals surface area (Å²) < 4.78 is 80.6. The summed E-state index contributed by atoms with van der Waals surface area (Å²) in [7, 11) is 0. The van der Waals surface area contributed by atoms with Crippen molar-refractivity contribution in [2.24, 2.45) is 0 Å². The van der Waals surface area contributed by atoms with Crippen LogP contribution in [0.2, 0.25) is 0 Å². The molecule has 0 saturated heterocycles. The smallest absolute Gasteiger partial charge is 0.182 e. The Bertz CT molecular complexity index is 873. The van der Waals surface area contributed by atoms with Crippen LogP contribution in [0.4, 0.5) is 26.3 Å². The average Bonchev–Trinajstić information content (AvgIpc) is 2.46. The first-order chi connectivity index (χ1) is 11.2. The number of Topliss-reactive ketones (excluding diaryl/α,β-unsaturated/α-hetero) is 1. The van der Waals surface area contributed by atoms with Gasteiger partial charge in [0.25, 0.3) is 0 Å². The lowest BCUT2D eigenvalue weighted by molar-refractivity contribution is -0.117. The van der Waals surface area contributed by atoms with E-state index >= 15 is 0 Å². The standard InChI is InChI=1S/C16H6F6O2/c17-5-1-7(19)11(8(20)2-5)13-15(23)14(16(13)24)12-9(21)3-6(18)4-10(12)22/h1-4,13,23H. The predicted octanol–water partition coefficient (Wildman–Crippen LogP) is 4.16. The summed E-state index contributed by atoms with van der Waals surface area (Å²) in [5.41, 5.74) is -2.79. The second-order valence-corrected chi connectivity index (χ2v) is 5.09. The zero-order chi connectivity index (χ0) is 17.8. The Morgan fingerprint density at radius 1 is 0.750 bits per heavy atom. The maximum atomic E-state index is 13.7. The number of aliphatic hydroxyl groups excluding tert-OH is 1. The third kappa shape index (κ3) is 2.26. The molecule has 0 radical (unpaired) electrons. The molecule has 1 aliphatic carbocycles. The Morgan fingerprint density at radius 3 is 1.58 bits per heavy atom. The first-order valence-electron chi connectivity index (χ1n) is 6.49. The molecule has 0 fully saturated rings. The summed E-state index contributed by atoms with van der Waals surface area (Å²) in [5, 5.41) is 9.89. The van der Waals surface area contributed by atoms with Gasteiger partial charge in [-0.15, -0.1) is 0 Å². The maximum absolute atomic E-state index is 13.7. The summed E-state index contributed by atoms with van der Waals surface area (Å²) in [6, 6.07) is 1.18. The molecule has 1 aliphatic rings. The maximum Gasteiger partial charge on any atom is 0.182 e. The van der Waals surface area contributed by atoms with Gasteiger partial charge in [0, 0.05) is 29.8 Å². The monoisotopic (exact) mass is 344 g/mol. The van der Waals surface area contributed by atoms with E-state index in [2.05, 4.69) is 0 Å². The number of hydrogen-bond donors (Lipinski definition) is 1. The molecule has 2 nitrogen and oxygen atoms in total. The van der Waals surface area contributed by atoms with Crippen molar-refractivity contribution in [2.45, 2.75) is 5.92 Å². The largest absolute Gasteiger partial charge is 0.510 e. The van der Waals surface area contributed by atoms with Crippen LogP contribution in [0.1, 0.15) is 17.0 Å². The van der Waals surface area contributed by atoms with Crippen LogP contribution in [0.3, 0.4) is 0 Å². The van der Waals surface area contributed by atoms with Crippen LogP contribution in [-0.2, 0) is 4.79 Å². The zero-order valence-corrected chi connectivity index (χ0v) is 11.5. The molecule has 0 amide bonds. The first kappa shape index (κ1) is 16.1. The molecule has 0 bridgehead atoms. The molecule has 0 heterocycles. The first-order valence-corrected chi connectivity index (χ1v) is 6.49. The average molecular weight is 344 g/mol. The number of hydrogen-bond acceptors (Lipinski definition) is 2. The van der Waals surface area contributed by atoms with Gasteiger partial charge < -0.3 is 5.11 Å². The van der Waals surface area contributed by atoms with Crippen molar-refractivity contribution in [3.8, 4) is 0 Å². The molecule has 2 aromatic carbocycles. The van der Waals surface area contributed by atoms with Gasteiger partial charge in [0.15, 0.2) is 5.78 Å². The van der Waals surface area contributed by atoms with Gasteiger partial charge in [0.05, 0.1) is 11.1 Å². The molecule has 1 N–H and O–H groups in total. The Labute approximate surface area is 130 Å². The van der Waals surface area contributed by atoms with Gasteiger partial charge in [0.1, 0.15) is 46.6 Å². The lowest BCUT2D eigenvalue weighted by Crippen LogP contribution is -2.31. The van der Waals surface area contributed by atoms with Crippen molar-refractivity contribution in [2.75, 3.05) is 0 Å². The van der Waals surface area contributed by atoms with Gasteiger partial charge in [-0.2, -0.15) is 0 Å². The fourth-order valence-corrected chi connectivity index (χ4v) is 2.59. The van der Waals surface area contributed by atoms with E-state index in [0.717, 1.165) is 0 Å². The van der Waals surface area contributed by atoms with E-state index in [1.54, 1.807) is 0 Å². The second-order valence-electron chi connectivity index (χ2n) is 5.09. The number of carbonyl (C=O) groups is 1. The highest BCUT2D eigenvalue weighted by Gasteiger charge is 2.46. The van der Waals surface area contributed by atoms with E-state index in [9.17, 15) is 36.2 Å². The summed E-state index contributed by atoms with van der Waals surface area (Å²) in [6.07, 6.45) is 0. The van der Waals surface area contributed by atoms with E-state index in [0.29, 0.717) is 24.3 Å². The third-order valence-corrected chi connectivity index (χ3v) is 3.63. The van der Waals surface area contributed by atoms with Crippen LogP contribution < -0.4 is 0 Å². The molecule has 2 aromatic rings. The van der Waals surface area contributed by atoms with Crippen molar-refractivity contribution in [3.63, 3.8) is 0 Å². The molecule has 8 heteroatoms. The Balaban J connectivity index is 2.15. The molecular formula is C16H6F6O2. The van der Waals surface area contributed by atoms with Crippen LogP contribution >= 0.6 is 0 Å². The normalized spacial score (nSPS) is 17.2. The minimum Gasteiger partial charge on any atom is -0.510 e. The van der Waals surface area contributed by atoms with E-state index in [1.165, 1.54) is 0 Å². The van der Waals surface area contributed by atoms with Gasteiger partial charge in [-0.25, -0.2) is 26.3 Å². The van der Waals surface area contributed by atoms with Crippen LogP contribution in [0.15, 0.2) is 30.0 Å². The van der Waals surface area contributed by atoms with E-state index in [1.807, 2.05) is 0 Å². The highest BCUT2D eigenvalue weighted by molar-refractivity contribution is 6.32. The number of allylic oxidation sites excluding steroid dienone is 2.